The topological polar surface area (TPSA) is 0 Å². The summed E-state index contributed by atoms with van der Waals surface area (Å²) in [7, 11) is 0. The molecule has 0 N–H and O–H groups in total. The summed E-state index contributed by atoms with van der Waals surface area (Å²) < 4.78 is 1.40. The second kappa shape index (κ2) is 7.50. The van der Waals surface area contributed by atoms with Gasteiger partial charge < -0.3 is 0 Å². The van der Waals surface area contributed by atoms with Crippen molar-refractivity contribution in [3.8, 4) is 0 Å². The largest absolute Gasteiger partial charge is 0.0984 e. The summed E-state index contributed by atoms with van der Waals surface area (Å²) in [5.74, 6) is 0. The number of hydrogen-bond acceptors (Lipinski definition) is 0. The predicted octanol–water partition coefficient (Wildman–Crippen LogP) is 7.74. The first-order valence-electron chi connectivity index (χ1n) is 9.40. The molecule has 2 rings (SSSR count). The van der Waals surface area contributed by atoms with Crippen LogP contribution in [0.5, 0.6) is 0 Å². The third-order valence-corrected chi connectivity index (χ3v) is 6.18. The minimum Gasteiger partial charge on any atom is -0.0984 e. The SMILES string of the molecule is C=Cc1c(Cc2cc(C)cc(C(C)(C)C)c2I)cc(C)cc1C(C)(C)C. The van der Waals surface area contributed by atoms with E-state index < -0.39 is 0 Å². The lowest BCUT2D eigenvalue weighted by Crippen LogP contribution is -2.16. The Hall–Kier alpha value is -1.09. The quantitative estimate of drug-likeness (QED) is 0.411. The maximum Gasteiger partial charge on any atom is 0.0203 e. The zero-order valence-corrected chi connectivity index (χ0v) is 19.8. The lowest BCUT2D eigenvalue weighted by Gasteiger charge is -2.26. The number of rotatable bonds is 3. The first kappa shape index (κ1) is 21.2. The fraction of sp³-hybridized carbons (Fsp3) is 0.440. The van der Waals surface area contributed by atoms with Crippen LogP contribution >= 0.6 is 22.6 Å². The Kier molecular flexibility index (Phi) is 6.12. The molecule has 0 aliphatic rings. The van der Waals surface area contributed by atoms with E-state index >= 15 is 0 Å². The van der Waals surface area contributed by atoms with E-state index in [1.165, 1.54) is 42.5 Å². The second-order valence-corrected chi connectivity index (χ2v) is 10.6. The third-order valence-electron chi connectivity index (χ3n) is 4.90. The number of halogens is 1. The highest BCUT2D eigenvalue weighted by Crippen LogP contribution is 2.34. The van der Waals surface area contributed by atoms with Gasteiger partial charge >= 0.3 is 0 Å². The van der Waals surface area contributed by atoms with E-state index in [0.717, 1.165) is 6.42 Å². The van der Waals surface area contributed by atoms with E-state index in [1.54, 1.807) is 0 Å². The van der Waals surface area contributed by atoms with Crippen molar-refractivity contribution < 1.29 is 0 Å². The van der Waals surface area contributed by atoms with Crippen molar-refractivity contribution in [1.82, 2.24) is 0 Å². The summed E-state index contributed by atoms with van der Waals surface area (Å²) in [5.41, 5.74) is 9.87. The molecule has 0 fully saturated rings. The van der Waals surface area contributed by atoms with Gasteiger partial charge in [0, 0.05) is 3.57 Å². The van der Waals surface area contributed by atoms with Gasteiger partial charge in [0.25, 0.3) is 0 Å². The standard InChI is InChI=1S/C25H33I/c1-10-20-18(11-16(2)13-21(20)24(4,5)6)15-19-12-17(3)14-22(23(19)26)25(7,8)9/h10-14H,1,15H2,2-9H3. The first-order chi connectivity index (χ1) is 11.8. The Morgan fingerprint density at radius 3 is 1.73 bits per heavy atom. The maximum atomic E-state index is 4.13. The zero-order valence-electron chi connectivity index (χ0n) is 17.7. The monoisotopic (exact) mass is 460 g/mol. The zero-order chi connectivity index (χ0) is 19.9. The highest BCUT2D eigenvalue weighted by molar-refractivity contribution is 14.1. The number of aryl methyl sites for hydroxylation is 2. The summed E-state index contributed by atoms with van der Waals surface area (Å²) in [4.78, 5) is 0. The average Bonchev–Trinajstić information content (AvgIpc) is 2.48. The van der Waals surface area contributed by atoms with Gasteiger partial charge in [-0.05, 0) is 81.5 Å². The Bertz CT molecular complexity index is 827. The minimum absolute atomic E-state index is 0.112. The molecule has 0 aliphatic carbocycles. The van der Waals surface area contributed by atoms with Gasteiger partial charge in [0.15, 0.2) is 0 Å². The van der Waals surface area contributed by atoms with Gasteiger partial charge in [0.2, 0.25) is 0 Å². The van der Waals surface area contributed by atoms with E-state index in [-0.39, 0.29) is 10.8 Å². The van der Waals surface area contributed by atoms with Crippen LogP contribution in [0.2, 0.25) is 0 Å². The van der Waals surface area contributed by atoms with Gasteiger partial charge in [-0.3, -0.25) is 0 Å². The van der Waals surface area contributed by atoms with E-state index in [4.69, 9.17) is 0 Å². The van der Waals surface area contributed by atoms with Gasteiger partial charge in [0.05, 0.1) is 0 Å². The minimum atomic E-state index is 0.112. The van der Waals surface area contributed by atoms with Gasteiger partial charge in [-0.15, -0.1) is 0 Å². The second-order valence-electron chi connectivity index (χ2n) is 9.55. The molecular formula is C25H33I. The molecule has 0 atom stereocenters. The molecular weight excluding hydrogens is 427 g/mol. The molecule has 2 aromatic rings. The molecule has 0 spiro atoms. The normalized spacial score (nSPS) is 12.3. The smallest absolute Gasteiger partial charge is 0.0203 e. The predicted molar refractivity (Wildman–Crippen MR) is 125 cm³/mol. The molecule has 26 heavy (non-hydrogen) atoms. The molecule has 0 saturated carbocycles. The highest BCUT2D eigenvalue weighted by Gasteiger charge is 2.22. The first-order valence-corrected chi connectivity index (χ1v) is 10.5. The molecule has 140 valence electrons. The summed E-state index contributed by atoms with van der Waals surface area (Å²) in [5, 5.41) is 0. The van der Waals surface area contributed by atoms with Gasteiger partial charge in [-0.2, -0.15) is 0 Å². The van der Waals surface area contributed by atoms with Crippen molar-refractivity contribution in [3.63, 3.8) is 0 Å². The van der Waals surface area contributed by atoms with Crippen LogP contribution in [0.3, 0.4) is 0 Å². The van der Waals surface area contributed by atoms with E-state index in [2.05, 4.69) is 109 Å². The van der Waals surface area contributed by atoms with Crippen LogP contribution in [-0.4, -0.2) is 0 Å². The van der Waals surface area contributed by atoms with Crippen LogP contribution in [-0.2, 0) is 17.3 Å². The number of hydrogen-bond donors (Lipinski definition) is 0. The van der Waals surface area contributed by atoms with Crippen molar-refractivity contribution in [2.24, 2.45) is 0 Å². The average molecular weight is 460 g/mol. The summed E-state index contributed by atoms with van der Waals surface area (Å²) in [6, 6.07) is 9.35. The Balaban J connectivity index is 2.65. The molecule has 0 amide bonds. The van der Waals surface area contributed by atoms with Crippen molar-refractivity contribution in [3.05, 3.63) is 73.4 Å². The molecule has 0 bridgehead atoms. The van der Waals surface area contributed by atoms with Crippen molar-refractivity contribution >= 4 is 28.7 Å². The van der Waals surface area contributed by atoms with Gasteiger partial charge in [-0.1, -0.05) is 89.6 Å². The van der Waals surface area contributed by atoms with Crippen LogP contribution in [0.15, 0.2) is 30.8 Å². The van der Waals surface area contributed by atoms with Crippen LogP contribution in [0.4, 0.5) is 0 Å². The number of benzene rings is 2. The molecule has 0 radical (unpaired) electrons. The van der Waals surface area contributed by atoms with Gasteiger partial charge in [-0.25, -0.2) is 0 Å². The fourth-order valence-corrected chi connectivity index (χ4v) is 4.92. The third kappa shape index (κ3) is 4.60. The van der Waals surface area contributed by atoms with Gasteiger partial charge in [0.1, 0.15) is 0 Å². The molecule has 0 heterocycles. The summed E-state index contributed by atoms with van der Waals surface area (Å²) in [6.07, 6.45) is 3.00. The van der Waals surface area contributed by atoms with Crippen LogP contribution in [0.1, 0.15) is 80.5 Å². The molecule has 0 aliphatic heterocycles. The molecule has 0 saturated heterocycles. The summed E-state index contributed by atoms with van der Waals surface area (Å²) >= 11 is 2.54. The van der Waals surface area contributed by atoms with Crippen molar-refractivity contribution in [1.29, 1.82) is 0 Å². The van der Waals surface area contributed by atoms with E-state index in [1.807, 2.05) is 6.08 Å². The van der Waals surface area contributed by atoms with Crippen molar-refractivity contribution in [2.45, 2.75) is 72.6 Å². The van der Waals surface area contributed by atoms with Crippen LogP contribution < -0.4 is 0 Å². The molecule has 1 heteroatoms. The maximum absolute atomic E-state index is 4.13. The van der Waals surface area contributed by atoms with Crippen LogP contribution in [0.25, 0.3) is 6.08 Å². The van der Waals surface area contributed by atoms with E-state index in [0.29, 0.717) is 0 Å². The fourth-order valence-electron chi connectivity index (χ4n) is 3.60. The lowest BCUT2D eigenvalue weighted by molar-refractivity contribution is 0.585. The van der Waals surface area contributed by atoms with Crippen LogP contribution in [0, 0.1) is 17.4 Å². The lowest BCUT2D eigenvalue weighted by atomic mass is 9.79. The Morgan fingerprint density at radius 2 is 1.27 bits per heavy atom. The molecule has 0 unspecified atom stereocenters. The molecule has 0 nitrogen and oxygen atoms in total. The molecule has 0 aromatic heterocycles. The Labute approximate surface area is 174 Å². The molecule has 2 aromatic carbocycles. The van der Waals surface area contributed by atoms with Crippen molar-refractivity contribution in [2.75, 3.05) is 0 Å². The van der Waals surface area contributed by atoms with E-state index in [9.17, 15) is 0 Å². The summed E-state index contributed by atoms with van der Waals surface area (Å²) in [6.45, 7) is 22.3. The Morgan fingerprint density at radius 1 is 0.808 bits per heavy atom. The highest BCUT2D eigenvalue weighted by atomic mass is 127.